The smallest absolute Gasteiger partial charge is 0.231 e. The maximum absolute atomic E-state index is 5.47. The van der Waals surface area contributed by atoms with Crippen LogP contribution in [0.15, 0.2) is 4.52 Å². The molecule has 0 saturated carbocycles. The van der Waals surface area contributed by atoms with Gasteiger partial charge in [0, 0.05) is 12.6 Å². The second kappa shape index (κ2) is 6.85. The lowest BCUT2D eigenvalue weighted by Crippen LogP contribution is -2.32. The number of nitrogens with one attached hydrogen (secondary N) is 1. The molecule has 0 bridgehead atoms. The van der Waals surface area contributed by atoms with Crippen LogP contribution in [0.5, 0.6) is 0 Å². The molecule has 1 rings (SSSR count). The van der Waals surface area contributed by atoms with Crippen molar-refractivity contribution in [2.24, 2.45) is 5.92 Å². The van der Waals surface area contributed by atoms with Gasteiger partial charge in [0.05, 0.1) is 5.92 Å². The van der Waals surface area contributed by atoms with Crippen LogP contribution in [0.1, 0.15) is 58.4 Å². The van der Waals surface area contributed by atoms with Crippen molar-refractivity contribution in [2.75, 3.05) is 13.7 Å². The van der Waals surface area contributed by atoms with Gasteiger partial charge in [-0.25, -0.2) is 0 Å². The molecule has 18 heavy (non-hydrogen) atoms. The predicted octanol–water partition coefficient (Wildman–Crippen LogP) is 2.51. The molecule has 1 heterocycles. The quantitative estimate of drug-likeness (QED) is 0.811. The number of hydrogen-bond donors (Lipinski definition) is 1. The maximum Gasteiger partial charge on any atom is 0.231 e. The van der Waals surface area contributed by atoms with Crippen molar-refractivity contribution in [3.63, 3.8) is 0 Å². The van der Waals surface area contributed by atoms with Crippen molar-refractivity contribution in [1.29, 1.82) is 0 Å². The van der Waals surface area contributed by atoms with E-state index in [-0.39, 0.29) is 12.0 Å². The third-order valence-corrected chi connectivity index (χ3v) is 3.24. The summed E-state index contributed by atoms with van der Waals surface area (Å²) in [6.07, 6.45) is -0.120. The van der Waals surface area contributed by atoms with Crippen LogP contribution in [0.2, 0.25) is 0 Å². The highest BCUT2D eigenvalue weighted by Crippen LogP contribution is 2.27. The van der Waals surface area contributed by atoms with Crippen LogP contribution in [0, 0.1) is 5.92 Å². The van der Waals surface area contributed by atoms with Gasteiger partial charge in [0.1, 0.15) is 6.10 Å². The van der Waals surface area contributed by atoms with E-state index in [1.54, 1.807) is 0 Å². The molecule has 1 aromatic heterocycles. The Morgan fingerprint density at radius 3 is 2.44 bits per heavy atom. The van der Waals surface area contributed by atoms with E-state index in [1.165, 1.54) is 0 Å². The van der Waals surface area contributed by atoms with Gasteiger partial charge in [-0.3, -0.25) is 0 Å². The summed E-state index contributed by atoms with van der Waals surface area (Å²) in [6, 6.07) is 0.292. The molecule has 3 atom stereocenters. The fourth-order valence-corrected chi connectivity index (χ4v) is 2.13. The highest BCUT2D eigenvalue weighted by molar-refractivity contribution is 5.01. The fourth-order valence-electron chi connectivity index (χ4n) is 2.13. The van der Waals surface area contributed by atoms with Crippen molar-refractivity contribution in [2.45, 2.75) is 52.7 Å². The molecule has 0 aliphatic carbocycles. The number of ether oxygens (including phenoxy) is 1. The van der Waals surface area contributed by atoms with E-state index in [9.17, 15) is 0 Å². The molecule has 0 radical (unpaired) electrons. The van der Waals surface area contributed by atoms with Crippen LogP contribution in [0.25, 0.3) is 0 Å². The Labute approximate surface area is 109 Å². The van der Waals surface area contributed by atoms with Gasteiger partial charge < -0.3 is 14.6 Å². The Morgan fingerprint density at radius 1 is 1.28 bits per heavy atom. The molecular weight excluding hydrogens is 230 g/mol. The minimum atomic E-state index is -0.120. The summed E-state index contributed by atoms with van der Waals surface area (Å²) in [6.45, 7) is 11.0. The molecule has 0 aliphatic rings. The number of hydrogen-bond acceptors (Lipinski definition) is 5. The molecule has 104 valence electrons. The minimum Gasteiger partial charge on any atom is -0.371 e. The van der Waals surface area contributed by atoms with Crippen molar-refractivity contribution in [1.82, 2.24) is 15.5 Å². The third kappa shape index (κ3) is 3.53. The predicted molar refractivity (Wildman–Crippen MR) is 70.4 cm³/mol. The van der Waals surface area contributed by atoms with Gasteiger partial charge in [-0.15, -0.1) is 0 Å². The third-order valence-electron chi connectivity index (χ3n) is 3.24. The van der Waals surface area contributed by atoms with E-state index in [0.717, 1.165) is 0 Å². The number of nitrogens with zero attached hydrogens (tertiary/aromatic N) is 2. The molecule has 0 saturated heterocycles. The summed E-state index contributed by atoms with van der Waals surface area (Å²) in [5.74, 6) is 1.96. The summed E-state index contributed by atoms with van der Waals surface area (Å²) in [5, 5.41) is 7.27. The van der Waals surface area contributed by atoms with E-state index >= 15 is 0 Å². The second-order valence-electron chi connectivity index (χ2n) is 4.94. The van der Waals surface area contributed by atoms with Gasteiger partial charge in [0.15, 0.2) is 5.82 Å². The average Bonchev–Trinajstić information content (AvgIpc) is 2.78. The number of rotatable bonds is 7. The first-order chi connectivity index (χ1) is 8.51. The second-order valence-corrected chi connectivity index (χ2v) is 4.94. The van der Waals surface area contributed by atoms with Crippen LogP contribution in [0.3, 0.4) is 0 Å². The van der Waals surface area contributed by atoms with Crippen molar-refractivity contribution in [3.8, 4) is 0 Å². The van der Waals surface area contributed by atoms with Crippen LogP contribution in [0.4, 0.5) is 0 Å². The maximum atomic E-state index is 5.47. The summed E-state index contributed by atoms with van der Waals surface area (Å²) >= 11 is 0. The first-order valence-electron chi connectivity index (χ1n) is 6.63. The molecule has 1 aromatic rings. The van der Waals surface area contributed by atoms with E-state index < -0.39 is 0 Å². The normalized spacial score (nSPS) is 16.8. The van der Waals surface area contributed by atoms with Crippen LogP contribution >= 0.6 is 0 Å². The molecule has 5 nitrogen and oxygen atoms in total. The summed E-state index contributed by atoms with van der Waals surface area (Å²) in [7, 11) is 1.94. The lowest BCUT2D eigenvalue weighted by Gasteiger charge is -2.23. The standard InChI is InChI=1S/C13H25N3O2/c1-7-17-10(5)12-15-13(18-16-12)11(8(2)3)9(4)14-6/h8-11,14H,7H2,1-6H3. The van der Waals surface area contributed by atoms with Gasteiger partial charge in [-0.05, 0) is 33.7 Å². The average molecular weight is 255 g/mol. The van der Waals surface area contributed by atoms with Gasteiger partial charge in [-0.2, -0.15) is 4.98 Å². The SMILES string of the molecule is CCOC(C)c1noc(C(C(C)C)C(C)NC)n1. The van der Waals surface area contributed by atoms with Crippen LogP contribution < -0.4 is 5.32 Å². The lowest BCUT2D eigenvalue weighted by atomic mass is 9.89. The topological polar surface area (TPSA) is 60.2 Å². The Hall–Kier alpha value is -0.940. The molecule has 5 heteroatoms. The summed E-state index contributed by atoms with van der Waals surface area (Å²) in [4.78, 5) is 4.48. The number of aromatic nitrogens is 2. The largest absolute Gasteiger partial charge is 0.371 e. The minimum absolute atomic E-state index is 0.120. The Kier molecular flexibility index (Phi) is 5.75. The van der Waals surface area contributed by atoms with E-state index in [4.69, 9.17) is 9.26 Å². The van der Waals surface area contributed by atoms with E-state index in [1.807, 2.05) is 20.9 Å². The zero-order valence-corrected chi connectivity index (χ0v) is 12.2. The Morgan fingerprint density at radius 2 is 1.94 bits per heavy atom. The van der Waals surface area contributed by atoms with Crippen molar-refractivity contribution in [3.05, 3.63) is 11.7 Å². The zero-order valence-electron chi connectivity index (χ0n) is 12.2. The molecular formula is C13H25N3O2. The van der Waals surface area contributed by atoms with Crippen LogP contribution in [-0.4, -0.2) is 29.8 Å². The van der Waals surface area contributed by atoms with E-state index in [2.05, 4.69) is 36.2 Å². The van der Waals surface area contributed by atoms with Gasteiger partial charge >= 0.3 is 0 Å². The Balaban J connectivity index is 2.87. The summed E-state index contributed by atoms with van der Waals surface area (Å²) in [5.41, 5.74) is 0. The molecule has 1 N–H and O–H groups in total. The fraction of sp³-hybridized carbons (Fsp3) is 0.846. The first kappa shape index (κ1) is 15.1. The molecule has 0 fully saturated rings. The van der Waals surface area contributed by atoms with Crippen molar-refractivity contribution < 1.29 is 9.26 Å². The van der Waals surface area contributed by atoms with Gasteiger partial charge in [-0.1, -0.05) is 19.0 Å². The monoisotopic (exact) mass is 255 g/mol. The van der Waals surface area contributed by atoms with E-state index in [0.29, 0.717) is 30.3 Å². The highest BCUT2D eigenvalue weighted by Gasteiger charge is 2.28. The zero-order chi connectivity index (χ0) is 13.7. The molecule has 0 aliphatic heterocycles. The first-order valence-corrected chi connectivity index (χ1v) is 6.63. The molecule has 0 amide bonds. The lowest BCUT2D eigenvalue weighted by molar-refractivity contribution is 0.0683. The highest BCUT2D eigenvalue weighted by atomic mass is 16.5. The van der Waals surface area contributed by atoms with Crippen LogP contribution in [-0.2, 0) is 4.74 Å². The molecule has 0 spiro atoms. The van der Waals surface area contributed by atoms with Crippen molar-refractivity contribution >= 4 is 0 Å². The number of likely N-dealkylation sites (N-methyl/N-ethyl adjacent to an activating group) is 1. The van der Waals surface area contributed by atoms with Gasteiger partial charge in [0.2, 0.25) is 5.89 Å². The summed E-state index contributed by atoms with van der Waals surface area (Å²) < 4.78 is 10.9. The molecule has 0 aromatic carbocycles. The molecule has 3 unspecified atom stereocenters. The van der Waals surface area contributed by atoms with Gasteiger partial charge in [0.25, 0.3) is 0 Å². The Bertz CT molecular complexity index is 352.